The van der Waals surface area contributed by atoms with Gasteiger partial charge in [-0.3, -0.25) is 0 Å². The maximum Gasteiger partial charge on any atom is 0.163 e. The number of benzene rings is 1. The molecule has 0 spiro atoms. The van der Waals surface area contributed by atoms with E-state index in [9.17, 15) is 8.78 Å². The van der Waals surface area contributed by atoms with Crippen LogP contribution in [-0.2, 0) is 0 Å². The number of hydrogen-bond donors (Lipinski definition) is 1. The molecule has 20 heavy (non-hydrogen) atoms. The fourth-order valence-electron chi connectivity index (χ4n) is 2.02. The lowest BCUT2D eigenvalue weighted by Gasteiger charge is -2.18. The van der Waals surface area contributed by atoms with Gasteiger partial charge >= 0.3 is 0 Å². The molecule has 0 aliphatic heterocycles. The summed E-state index contributed by atoms with van der Waals surface area (Å²) in [6.45, 7) is 4.79. The third kappa shape index (κ3) is 3.27. The monoisotopic (exact) mass is 359 g/mol. The van der Waals surface area contributed by atoms with Gasteiger partial charge in [-0.2, -0.15) is 0 Å². The molecule has 0 saturated heterocycles. The topological polar surface area (TPSA) is 12.0 Å². The number of rotatable bonds is 5. The summed E-state index contributed by atoms with van der Waals surface area (Å²) in [5.41, 5.74) is 0.354. The van der Waals surface area contributed by atoms with Crippen LogP contribution in [-0.4, -0.2) is 6.54 Å². The van der Waals surface area contributed by atoms with Gasteiger partial charge in [0.1, 0.15) is 0 Å². The number of aryl methyl sites for hydroxylation is 1. The molecule has 1 aromatic heterocycles. The summed E-state index contributed by atoms with van der Waals surface area (Å²) in [6, 6.07) is 5.97. The van der Waals surface area contributed by atoms with Gasteiger partial charge in [0.05, 0.1) is 6.04 Å². The summed E-state index contributed by atoms with van der Waals surface area (Å²) in [7, 11) is 0. The fraction of sp³-hybridized carbons (Fsp3) is 0.333. The second-order valence-electron chi connectivity index (χ2n) is 4.58. The predicted molar refractivity (Wildman–Crippen MR) is 83.3 cm³/mol. The SMILES string of the molecule is CCCNC(c1cc(Br)c(C)s1)c1cccc(F)c1F. The van der Waals surface area contributed by atoms with E-state index in [0.29, 0.717) is 5.56 Å². The van der Waals surface area contributed by atoms with Crippen molar-refractivity contribution in [2.45, 2.75) is 26.3 Å². The van der Waals surface area contributed by atoms with Crippen molar-refractivity contribution in [2.75, 3.05) is 6.54 Å². The van der Waals surface area contributed by atoms with Crippen LogP contribution in [0.25, 0.3) is 0 Å². The minimum Gasteiger partial charge on any atom is -0.306 e. The molecule has 1 nitrogen and oxygen atoms in total. The van der Waals surface area contributed by atoms with E-state index in [4.69, 9.17) is 0 Å². The van der Waals surface area contributed by atoms with E-state index in [0.717, 1.165) is 33.3 Å². The van der Waals surface area contributed by atoms with Crippen molar-refractivity contribution in [3.05, 3.63) is 55.7 Å². The van der Waals surface area contributed by atoms with Crippen LogP contribution in [0.2, 0.25) is 0 Å². The maximum absolute atomic E-state index is 14.0. The van der Waals surface area contributed by atoms with Crippen LogP contribution in [0.15, 0.2) is 28.7 Å². The summed E-state index contributed by atoms with van der Waals surface area (Å²) >= 11 is 5.06. The molecular formula is C15H16BrF2NS. The van der Waals surface area contributed by atoms with E-state index >= 15 is 0 Å². The number of nitrogens with one attached hydrogen (secondary N) is 1. The first-order chi connectivity index (χ1) is 9.54. The molecule has 5 heteroatoms. The second kappa shape index (κ2) is 6.78. The molecule has 0 saturated carbocycles. The molecule has 1 unspecified atom stereocenters. The molecule has 0 bridgehead atoms. The molecule has 0 radical (unpaired) electrons. The van der Waals surface area contributed by atoms with Gasteiger partial charge in [0, 0.05) is 19.8 Å². The highest BCUT2D eigenvalue weighted by molar-refractivity contribution is 9.10. The van der Waals surface area contributed by atoms with Gasteiger partial charge in [-0.05, 0) is 48.0 Å². The number of hydrogen-bond acceptors (Lipinski definition) is 2. The van der Waals surface area contributed by atoms with Gasteiger partial charge in [0.2, 0.25) is 0 Å². The molecule has 0 fully saturated rings. The van der Waals surface area contributed by atoms with Crippen molar-refractivity contribution in [3.8, 4) is 0 Å². The minimum absolute atomic E-state index is 0.319. The molecule has 0 aliphatic rings. The standard InChI is InChI=1S/C15H16BrF2NS/c1-3-7-19-15(13-8-11(16)9(2)20-13)10-5-4-6-12(17)14(10)18/h4-6,8,15,19H,3,7H2,1-2H3. The maximum atomic E-state index is 14.0. The van der Waals surface area contributed by atoms with Gasteiger partial charge in [-0.1, -0.05) is 19.1 Å². The first kappa shape index (κ1) is 15.6. The number of halogens is 3. The van der Waals surface area contributed by atoms with Crippen molar-refractivity contribution in [3.63, 3.8) is 0 Å². The van der Waals surface area contributed by atoms with Crippen molar-refractivity contribution >= 4 is 27.3 Å². The molecule has 1 N–H and O–H groups in total. The van der Waals surface area contributed by atoms with Crippen molar-refractivity contribution in [1.82, 2.24) is 5.32 Å². The second-order valence-corrected chi connectivity index (χ2v) is 6.73. The van der Waals surface area contributed by atoms with Gasteiger partial charge in [-0.25, -0.2) is 8.78 Å². The Hall–Kier alpha value is -0.780. The summed E-state index contributed by atoms with van der Waals surface area (Å²) in [5.74, 6) is -1.58. The Bertz CT molecular complexity index is 578. The highest BCUT2D eigenvalue weighted by Gasteiger charge is 2.21. The normalized spacial score (nSPS) is 12.7. The van der Waals surface area contributed by atoms with Crippen LogP contribution in [0.1, 0.15) is 34.7 Å². The third-order valence-corrected chi connectivity index (χ3v) is 5.25. The van der Waals surface area contributed by atoms with Gasteiger partial charge in [0.15, 0.2) is 11.6 Å². The summed E-state index contributed by atoms with van der Waals surface area (Å²) < 4.78 is 28.5. The summed E-state index contributed by atoms with van der Waals surface area (Å²) in [6.07, 6.45) is 0.930. The summed E-state index contributed by atoms with van der Waals surface area (Å²) in [4.78, 5) is 2.10. The zero-order valence-electron chi connectivity index (χ0n) is 11.3. The highest BCUT2D eigenvalue weighted by Crippen LogP contribution is 2.35. The average molecular weight is 360 g/mol. The van der Waals surface area contributed by atoms with Crippen LogP contribution >= 0.6 is 27.3 Å². The molecule has 2 rings (SSSR count). The predicted octanol–water partition coefficient (Wildman–Crippen LogP) is 5.19. The molecule has 0 amide bonds. The van der Waals surface area contributed by atoms with E-state index < -0.39 is 11.6 Å². The highest BCUT2D eigenvalue weighted by atomic mass is 79.9. The Kier molecular flexibility index (Phi) is 5.29. The first-order valence-corrected chi connectivity index (χ1v) is 8.08. The van der Waals surface area contributed by atoms with E-state index in [1.165, 1.54) is 0 Å². The van der Waals surface area contributed by atoms with Crippen LogP contribution in [0.3, 0.4) is 0 Å². The van der Waals surface area contributed by atoms with Crippen LogP contribution in [0, 0.1) is 18.6 Å². The van der Waals surface area contributed by atoms with Gasteiger partial charge in [0.25, 0.3) is 0 Å². The fourth-order valence-corrected chi connectivity index (χ4v) is 3.68. The van der Waals surface area contributed by atoms with Gasteiger partial charge < -0.3 is 5.32 Å². The lowest BCUT2D eigenvalue weighted by Crippen LogP contribution is -2.23. The molecule has 2 aromatic rings. The smallest absolute Gasteiger partial charge is 0.163 e. The lowest BCUT2D eigenvalue weighted by atomic mass is 10.0. The Morgan fingerprint density at radius 3 is 2.70 bits per heavy atom. The largest absolute Gasteiger partial charge is 0.306 e. The average Bonchev–Trinajstić information content (AvgIpc) is 2.74. The molecule has 1 aromatic carbocycles. The van der Waals surface area contributed by atoms with E-state index in [1.807, 2.05) is 19.9 Å². The Morgan fingerprint density at radius 1 is 1.35 bits per heavy atom. The lowest BCUT2D eigenvalue weighted by molar-refractivity contribution is 0.481. The van der Waals surface area contributed by atoms with Crippen LogP contribution < -0.4 is 5.32 Å². The van der Waals surface area contributed by atoms with Gasteiger partial charge in [-0.15, -0.1) is 11.3 Å². The molecule has 1 heterocycles. The van der Waals surface area contributed by atoms with Crippen molar-refractivity contribution in [1.29, 1.82) is 0 Å². The zero-order chi connectivity index (χ0) is 14.7. The molecular weight excluding hydrogens is 344 g/mol. The number of thiophene rings is 1. The molecule has 0 aliphatic carbocycles. The van der Waals surface area contributed by atoms with E-state index in [1.54, 1.807) is 23.5 Å². The van der Waals surface area contributed by atoms with Crippen LogP contribution in [0.5, 0.6) is 0 Å². The Balaban J connectivity index is 2.44. The first-order valence-electron chi connectivity index (χ1n) is 6.47. The Labute approximate surface area is 130 Å². The zero-order valence-corrected chi connectivity index (χ0v) is 13.7. The Morgan fingerprint density at radius 2 is 2.10 bits per heavy atom. The van der Waals surface area contributed by atoms with Crippen molar-refractivity contribution < 1.29 is 8.78 Å². The molecule has 1 atom stereocenters. The quantitative estimate of drug-likeness (QED) is 0.774. The summed E-state index contributed by atoms with van der Waals surface area (Å²) in [5, 5.41) is 3.29. The minimum atomic E-state index is -0.807. The van der Waals surface area contributed by atoms with Crippen molar-refractivity contribution in [2.24, 2.45) is 0 Å². The van der Waals surface area contributed by atoms with Crippen LogP contribution in [0.4, 0.5) is 8.78 Å². The third-order valence-electron chi connectivity index (χ3n) is 3.05. The van der Waals surface area contributed by atoms with E-state index in [2.05, 4.69) is 21.2 Å². The molecule has 108 valence electrons. The van der Waals surface area contributed by atoms with E-state index in [-0.39, 0.29) is 6.04 Å².